The van der Waals surface area contributed by atoms with Crippen LogP contribution in [0.3, 0.4) is 0 Å². The number of hydrogen-bond donors (Lipinski definition) is 2. The minimum absolute atomic E-state index is 0.222. The lowest BCUT2D eigenvalue weighted by atomic mass is 9.99. The molecular weight excluding hydrogens is 364 g/mol. The van der Waals surface area contributed by atoms with Gasteiger partial charge in [0, 0.05) is 31.8 Å². The highest BCUT2D eigenvalue weighted by Gasteiger charge is 2.18. The molecule has 2 unspecified atom stereocenters. The number of aliphatic imine (C=N–C) groups is 1. The minimum atomic E-state index is 0.222. The van der Waals surface area contributed by atoms with Crippen molar-refractivity contribution in [2.75, 3.05) is 46.4 Å². The van der Waals surface area contributed by atoms with Gasteiger partial charge in [-0.1, -0.05) is 12.1 Å². The molecule has 3 rings (SSSR count). The predicted octanol–water partition coefficient (Wildman–Crippen LogP) is 2.95. The fraction of sp³-hybridized carbons (Fsp3) is 0.696. The van der Waals surface area contributed by atoms with Crippen LogP contribution in [0.1, 0.15) is 43.7 Å². The minimum Gasteiger partial charge on any atom is -0.491 e. The summed E-state index contributed by atoms with van der Waals surface area (Å²) >= 11 is 0. The van der Waals surface area contributed by atoms with Gasteiger partial charge in [0.1, 0.15) is 12.4 Å². The highest BCUT2D eigenvalue weighted by molar-refractivity contribution is 5.79. The van der Waals surface area contributed by atoms with Crippen LogP contribution in [-0.4, -0.2) is 63.4 Å². The van der Waals surface area contributed by atoms with Crippen molar-refractivity contribution in [1.82, 2.24) is 15.5 Å². The number of piperidine rings is 1. The average molecular weight is 403 g/mol. The predicted molar refractivity (Wildman–Crippen MR) is 119 cm³/mol. The second-order valence-electron chi connectivity index (χ2n) is 8.40. The molecule has 0 amide bonds. The van der Waals surface area contributed by atoms with Gasteiger partial charge in [-0.15, -0.1) is 0 Å². The molecule has 0 radical (unpaired) electrons. The fourth-order valence-corrected chi connectivity index (χ4v) is 4.07. The molecule has 0 aliphatic carbocycles. The molecule has 2 atom stereocenters. The van der Waals surface area contributed by atoms with Crippen molar-refractivity contribution in [1.29, 1.82) is 0 Å². The zero-order chi connectivity index (χ0) is 20.5. The van der Waals surface area contributed by atoms with Gasteiger partial charge in [0.2, 0.25) is 0 Å². The number of benzene rings is 1. The van der Waals surface area contributed by atoms with E-state index in [0.29, 0.717) is 19.1 Å². The summed E-state index contributed by atoms with van der Waals surface area (Å²) in [5, 5.41) is 6.92. The molecule has 1 aromatic carbocycles. The van der Waals surface area contributed by atoms with E-state index >= 15 is 0 Å². The van der Waals surface area contributed by atoms with E-state index in [1.54, 1.807) is 0 Å². The first kappa shape index (κ1) is 21.9. The zero-order valence-corrected chi connectivity index (χ0v) is 18.4. The van der Waals surface area contributed by atoms with Gasteiger partial charge < -0.3 is 25.0 Å². The van der Waals surface area contributed by atoms with E-state index < -0.39 is 0 Å². The Morgan fingerprint density at radius 1 is 1.28 bits per heavy atom. The van der Waals surface area contributed by atoms with Crippen LogP contribution in [0.25, 0.3) is 0 Å². The Hall–Kier alpha value is -1.79. The molecule has 2 saturated heterocycles. The van der Waals surface area contributed by atoms with Crippen molar-refractivity contribution in [3.05, 3.63) is 29.3 Å². The molecule has 2 fully saturated rings. The smallest absolute Gasteiger partial charge is 0.191 e. The first-order valence-corrected chi connectivity index (χ1v) is 11.2. The van der Waals surface area contributed by atoms with Crippen LogP contribution >= 0.6 is 0 Å². The largest absolute Gasteiger partial charge is 0.491 e. The molecule has 2 N–H and O–H groups in total. The lowest BCUT2D eigenvalue weighted by Gasteiger charge is -2.30. The van der Waals surface area contributed by atoms with E-state index in [0.717, 1.165) is 56.4 Å². The van der Waals surface area contributed by atoms with Gasteiger partial charge in [-0.25, -0.2) is 4.99 Å². The number of guanidine groups is 1. The van der Waals surface area contributed by atoms with Crippen molar-refractivity contribution in [2.45, 2.75) is 52.2 Å². The number of nitrogens with zero attached hydrogens (tertiary/aromatic N) is 2. The van der Waals surface area contributed by atoms with Crippen molar-refractivity contribution in [2.24, 2.45) is 10.9 Å². The van der Waals surface area contributed by atoms with Gasteiger partial charge in [-0.2, -0.15) is 0 Å². The summed E-state index contributed by atoms with van der Waals surface area (Å²) in [4.78, 5) is 7.25. The molecule has 2 heterocycles. The third-order valence-electron chi connectivity index (χ3n) is 5.70. The number of aryl methyl sites for hydroxylation is 1. The maximum Gasteiger partial charge on any atom is 0.191 e. The normalized spacial score (nSPS) is 23.2. The molecule has 6 nitrogen and oxygen atoms in total. The third-order valence-corrected chi connectivity index (χ3v) is 5.70. The Bertz CT molecular complexity index is 658. The van der Waals surface area contributed by atoms with Gasteiger partial charge in [-0.3, -0.25) is 0 Å². The van der Waals surface area contributed by atoms with Crippen LogP contribution in [0.2, 0.25) is 0 Å². The van der Waals surface area contributed by atoms with Gasteiger partial charge in [0.15, 0.2) is 5.96 Å². The summed E-state index contributed by atoms with van der Waals surface area (Å²) in [6.07, 6.45) is 5.01. The van der Waals surface area contributed by atoms with E-state index in [2.05, 4.69) is 54.6 Å². The molecule has 2 aliphatic heterocycles. The van der Waals surface area contributed by atoms with Crippen LogP contribution in [0.5, 0.6) is 5.75 Å². The SMILES string of the molecule is CCNC(=NCc1ccc(C)cc1OCC1CCCO1)NCC1CCCN(C)C1. The number of nitrogens with one attached hydrogen (secondary N) is 2. The summed E-state index contributed by atoms with van der Waals surface area (Å²) in [6, 6.07) is 6.36. The van der Waals surface area contributed by atoms with Crippen molar-refractivity contribution in [3.63, 3.8) is 0 Å². The summed E-state index contributed by atoms with van der Waals surface area (Å²) in [6.45, 7) is 10.5. The Balaban J connectivity index is 1.58. The lowest BCUT2D eigenvalue weighted by molar-refractivity contribution is 0.0676. The van der Waals surface area contributed by atoms with Crippen LogP contribution < -0.4 is 15.4 Å². The van der Waals surface area contributed by atoms with Crippen molar-refractivity contribution in [3.8, 4) is 5.75 Å². The molecule has 1 aromatic rings. The van der Waals surface area contributed by atoms with E-state index in [1.165, 1.54) is 24.9 Å². The second-order valence-corrected chi connectivity index (χ2v) is 8.40. The van der Waals surface area contributed by atoms with Gasteiger partial charge >= 0.3 is 0 Å². The Kier molecular flexibility index (Phi) is 8.62. The van der Waals surface area contributed by atoms with Crippen LogP contribution in [0.4, 0.5) is 0 Å². The number of ether oxygens (including phenoxy) is 2. The Labute approximate surface area is 176 Å². The number of likely N-dealkylation sites (tertiary alicyclic amines) is 1. The molecule has 0 saturated carbocycles. The molecular formula is C23H38N4O2. The van der Waals surface area contributed by atoms with Gasteiger partial charge in [-0.05, 0) is 70.7 Å². The topological polar surface area (TPSA) is 58.1 Å². The summed E-state index contributed by atoms with van der Waals surface area (Å²) in [5.41, 5.74) is 2.31. The maximum atomic E-state index is 6.12. The highest BCUT2D eigenvalue weighted by atomic mass is 16.5. The highest BCUT2D eigenvalue weighted by Crippen LogP contribution is 2.23. The number of rotatable bonds is 8. The quantitative estimate of drug-likeness (QED) is 0.517. The number of hydrogen-bond acceptors (Lipinski definition) is 4. The molecule has 0 spiro atoms. The van der Waals surface area contributed by atoms with Crippen LogP contribution in [0, 0.1) is 12.8 Å². The second kappa shape index (κ2) is 11.4. The Morgan fingerprint density at radius 3 is 2.93 bits per heavy atom. The maximum absolute atomic E-state index is 6.12. The monoisotopic (exact) mass is 402 g/mol. The van der Waals surface area contributed by atoms with E-state index in [-0.39, 0.29) is 6.10 Å². The summed E-state index contributed by atoms with van der Waals surface area (Å²) in [7, 11) is 2.21. The zero-order valence-electron chi connectivity index (χ0n) is 18.4. The molecule has 0 bridgehead atoms. The van der Waals surface area contributed by atoms with Crippen molar-refractivity contribution < 1.29 is 9.47 Å². The molecule has 162 valence electrons. The molecule has 29 heavy (non-hydrogen) atoms. The molecule has 2 aliphatic rings. The van der Waals surface area contributed by atoms with E-state index in [4.69, 9.17) is 14.5 Å². The van der Waals surface area contributed by atoms with E-state index in [1.807, 2.05) is 0 Å². The first-order chi connectivity index (χ1) is 14.1. The lowest BCUT2D eigenvalue weighted by Crippen LogP contribution is -2.43. The van der Waals surface area contributed by atoms with Crippen LogP contribution in [0.15, 0.2) is 23.2 Å². The average Bonchev–Trinajstić information content (AvgIpc) is 3.23. The Morgan fingerprint density at radius 2 is 2.17 bits per heavy atom. The standard InChI is InChI=1S/C23H38N4O2/c1-4-24-23(25-14-19-7-5-11-27(3)16-19)26-15-20-10-9-18(2)13-22(20)29-17-21-8-6-12-28-21/h9-10,13,19,21H,4-8,11-12,14-17H2,1-3H3,(H2,24,25,26). The summed E-state index contributed by atoms with van der Waals surface area (Å²) < 4.78 is 11.8. The molecule has 0 aromatic heterocycles. The summed E-state index contributed by atoms with van der Waals surface area (Å²) in [5.74, 6) is 2.49. The van der Waals surface area contributed by atoms with E-state index in [9.17, 15) is 0 Å². The first-order valence-electron chi connectivity index (χ1n) is 11.2. The van der Waals surface area contributed by atoms with Gasteiger partial charge in [0.25, 0.3) is 0 Å². The van der Waals surface area contributed by atoms with Crippen molar-refractivity contribution >= 4 is 5.96 Å². The molecule has 6 heteroatoms. The third kappa shape index (κ3) is 7.19. The fourth-order valence-electron chi connectivity index (χ4n) is 4.07. The van der Waals surface area contributed by atoms with Gasteiger partial charge in [0.05, 0.1) is 12.6 Å². The van der Waals surface area contributed by atoms with Crippen LogP contribution in [-0.2, 0) is 11.3 Å².